The highest BCUT2D eigenvalue weighted by Gasteiger charge is 2.24. The maximum Gasteiger partial charge on any atom is 0.510 e. The van der Waals surface area contributed by atoms with Gasteiger partial charge in [0.1, 0.15) is 0 Å². The molecule has 0 aromatic heterocycles. The fraction of sp³-hybridized carbons (Fsp3) is 1.00. The Morgan fingerprint density at radius 3 is 2.56 bits per heavy atom. The molecule has 2 unspecified atom stereocenters. The fourth-order valence-corrected chi connectivity index (χ4v) is 1.53. The Bertz CT molecular complexity index is 93.1. The van der Waals surface area contributed by atoms with E-state index in [1.165, 1.54) is 7.11 Å². The summed E-state index contributed by atoms with van der Waals surface area (Å²) in [7, 11) is 0.0955. The van der Waals surface area contributed by atoms with Crippen LogP contribution >= 0.6 is 8.03 Å². The molecule has 0 amide bonds. The predicted molar refractivity (Wildman–Crippen MR) is 39.0 cm³/mol. The molecule has 3 heteroatoms. The van der Waals surface area contributed by atoms with Crippen LogP contribution in [0.1, 0.15) is 26.7 Å². The summed E-state index contributed by atoms with van der Waals surface area (Å²) in [5.74, 6) is 0. The van der Waals surface area contributed by atoms with E-state index in [2.05, 4.69) is 11.4 Å². The topological polar surface area (TPSA) is 26.3 Å². The number of hydrogen-bond donors (Lipinski definition) is 0. The lowest BCUT2D eigenvalue weighted by molar-refractivity contribution is 0.404. The van der Waals surface area contributed by atoms with Crippen LogP contribution < -0.4 is 0 Å². The molecule has 2 nitrogen and oxygen atoms in total. The molecule has 0 saturated carbocycles. The van der Waals surface area contributed by atoms with Gasteiger partial charge in [0, 0.05) is 0 Å². The van der Waals surface area contributed by atoms with Gasteiger partial charge in [-0.05, 0) is 17.9 Å². The first-order valence-corrected chi connectivity index (χ1v) is 4.47. The minimum absolute atomic E-state index is 0.218. The van der Waals surface area contributed by atoms with E-state index in [9.17, 15) is 4.57 Å². The summed E-state index contributed by atoms with van der Waals surface area (Å²) in [6.45, 7) is 4.03. The van der Waals surface area contributed by atoms with Crippen molar-refractivity contribution >= 4 is 8.03 Å². The Morgan fingerprint density at radius 2 is 2.22 bits per heavy atom. The first-order valence-electron chi connectivity index (χ1n) is 3.22. The quantitative estimate of drug-likeness (QED) is 0.574. The highest BCUT2D eigenvalue weighted by atomic mass is 31.1. The molecule has 9 heavy (non-hydrogen) atoms. The molecule has 0 bridgehead atoms. The van der Waals surface area contributed by atoms with Crippen molar-refractivity contribution in [2.24, 2.45) is 0 Å². The predicted octanol–water partition coefficient (Wildman–Crippen LogP) is 2.56. The molecule has 0 spiro atoms. The zero-order chi connectivity index (χ0) is 7.28. The Labute approximate surface area is 57.5 Å². The molecule has 0 aliphatic heterocycles. The van der Waals surface area contributed by atoms with E-state index in [4.69, 9.17) is 0 Å². The number of rotatable bonds is 4. The van der Waals surface area contributed by atoms with Crippen LogP contribution in [0.2, 0.25) is 0 Å². The van der Waals surface area contributed by atoms with Crippen LogP contribution in [0.25, 0.3) is 0 Å². The van der Waals surface area contributed by atoms with Crippen LogP contribution in [0.4, 0.5) is 0 Å². The lowest BCUT2D eigenvalue weighted by Crippen LogP contribution is -1.94. The first-order chi connectivity index (χ1) is 4.22. The van der Waals surface area contributed by atoms with Gasteiger partial charge in [-0.25, -0.2) is 0 Å². The summed E-state index contributed by atoms with van der Waals surface area (Å²) < 4.78 is 15.5. The van der Waals surface area contributed by atoms with Crippen LogP contribution in [-0.4, -0.2) is 12.8 Å². The zero-order valence-corrected chi connectivity index (χ0v) is 7.15. The number of hydrogen-bond acceptors (Lipinski definition) is 2. The van der Waals surface area contributed by atoms with Crippen molar-refractivity contribution < 1.29 is 9.09 Å². The standard InChI is InChI=1S/C6H14O2P/c1-4-5-6(2)9(7)8-3/h6H,4-5H2,1-3H3/q+1. The summed E-state index contributed by atoms with van der Waals surface area (Å²) in [4.78, 5) is 0. The van der Waals surface area contributed by atoms with E-state index in [1.54, 1.807) is 0 Å². The molecule has 0 saturated heterocycles. The lowest BCUT2D eigenvalue weighted by atomic mass is 10.3. The molecule has 0 fully saturated rings. The van der Waals surface area contributed by atoms with Gasteiger partial charge in [-0.3, -0.25) is 0 Å². The van der Waals surface area contributed by atoms with E-state index in [0.29, 0.717) is 0 Å². The third-order valence-corrected chi connectivity index (χ3v) is 2.58. The second-order valence-corrected chi connectivity index (χ2v) is 3.92. The van der Waals surface area contributed by atoms with Crippen LogP contribution in [0, 0.1) is 0 Å². The van der Waals surface area contributed by atoms with E-state index < -0.39 is 8.03 Å². The van der Waals surface area contributed by atoms with Crippen LogP contribution in [0.5, 0.6) is 0 Å². The summed E-state index contributed by atoms with van der Waals surface area (Å²) in [6.07, 6.45) is 2.06. The maximum absolute atomic E-state index is 10.8. The van der Waals surface area contributed by atoms with Crippen LogP contribution in [-0.2, 0) is 9.09 Å². The largest absolute Gasteiger partial charge is 0.510 e. The van der Waals surface area contributed by atoms with E-state index in [-0.39, 0.29) is 5.66 Å². The molecule has 0 aromatic carbocycles. The van der Waals surface area contributed by atoms with Crippen molar-refractivity contribution in [3.05, 3.63) is 0 Å². The van der Waals surface area contributed by atoms with Crippen molar-refractivity contribution in [2.45, 2.75) is 32.3 Å². The Hall–Kier alpha value is 0.0600. The Morgan fingerprint density at radius 1 is 1.67 bits per heavy atom. The van der Waals surface area contributed by atoms with Gasteiger partial charge in [-0.15, -0.1) is 4.52 Å². The first kappa shape index (κ1) is 9.06. The smallest absolute Gasteiger partial charge is 0.149 e. The van der Waals surface area contributed by atoms with Crippen molar-refractivity contribution in [3.63, 3.8) is 0 Å². The normalized spacial score (nSPS) is 15.2. The van der Waals surface area contributed by atoms with Crippen LogP contribution in [0.15, 0.2) is 0 Å². The monoisotopic (exact) mass is 149 g/mol. The van der Waals surface area contributed by atoms with E-state index >= 15 is 0 Å². The van der Waals surface area contributed by atoms with Gasteiger partial charge in [-0.1, -0.05) is 13.3 Å². The molecule has 0 radical (unpaired) electrons. The maximum atomic E-state index is 10.8. The lowest BCUT2D eigenvalue weighted by Gasteiger charge is -1.92. The third kappa shape index (κ3) is 3.61. The molecular weight excluding hydrogens is 135 g/mol. The van der Waals surface area contributed by atoms with E-state index in [1.807, 2.05) is 6.92 Å². The van der Waals surface area contributed by atoms with Gasteiger partial charge in [0.05, 0.1) is 7.11 Å². The van der Waals surface area contributed by atoms with Gasteiger partial charge in [-0.2, -0.15) is 0 Å². The Kier molecular flexibility index (Phi) is 4.93. The molecule has 0 heterocycles. The van der Waals surface area contributed by atoms with Crippen molar-refractivity contribution in [3.8, 4) is 0 Å². The average Bonchev–Trinajstić information content (AvgIpc) is 1.87. The molecular formula is C6H14O2P+. The van der Waals surface area contributed by atoms with Crippen molar-refractivity contribution in [1.82, 2.24) is 0 Å². The summed E-state index contributed by atoms with van der Waals surface area (Å²) in [6, 6.07) is 0. The van der Waals surface area contributed by atoms with Gasteiger partial charge < -0.3 is 0 Å². The molecule has 0 aliphatic rings. The van der Waals surface area contributed by atoms with Crippen molar-refractivity contribution in [1.29, 1.82) is 0 Å². The molecule has 0 rings (SSSR count). The minimum Gasteiger partial charge on any atom is -0.149 e. The highest BCUT2D eigenvalue weighted by molar-refractivity contribution is 7.39. The average molecular weight is 149 g/mol. The third-order valence-electron chi connectivity index (χ3n) is 1.25. The van der Waals surface area contributed by atoms with Crippen molar-refractivity contribution in [2.75, 3.05) is 7.11 Å². The summed E-state index contributed by atoms with van der Waals surface area (Å²) in [5, 5.41) is 0. The summed E-state index contributed by atoms with van der Waals surface area (Å²) in [5.41, 5.74) is 0.218. The second kappa shape index (κ2) is 4.89. The minimum atomic E-state index is -1.40. The van der Waals surface area contributed by atoms with Crippen LogP contribution in [0.3, 0.4) is 0 Å². The zero-order valence-electron chi connectivity index (χ0n) is 6.26. The van der Waals surface area contributed by atoms with Gasteiger partial charge in [0.2, 0.25) is 0 Å². The van der Waals surface area contributed by atoms with Gasteiger partial charge >= 0.3 is 8.03 Å². The Balaban J connectivity index is 3.45. The summed E-state index contributed by atoms with van der Waals surface area (Å²) >= 11 is 0. The fourth-order valence-electron chi connectivity index (χ4n) is 0.703. The van der Waals surface area contributed by atoms with Gasteiger partial charge in [0.25, 0.3) is 0 Å². The van der Waals surface area contributed by atoms with E-state index in [0.717, 1.165) is 12.8 Å². The molecule has 0 N–H and O–H groups in total. The highest BCUT2D eigenvalue weighted by Crippen LogP contribution is 2.30. The molecule has 0 aliphatic carbocycles. The second-order valence-electron chi connectivity index (χ2n) is 2.11. The molecule has 54 valence electrons. The van der Waals surface area contributed by atoms with Gasteiger partial charge in [0.15, 0.2) is 5.66 Å². The molecule has 0 aromatic rings. The molecule has 2 atom stereocenters. The SMILES string of the molecule is CCCC(C)[P+](=O)OC.